The number of carboxylic acid groups (broad SMARTS) is 1. The third-order valence-corrected chi connectivity index (χ3v) is 4.35. The molecule has 9 nitrogen and oxygen atoms in total. The van der Waals surface area contributed by atoms with Crippen molar-refractivity contribution in [3.05, 3.63) is 0 Å². The number of nitrogens with two attached hydrogens (primary N) is 1. The van der Waals surface area contributed by atoms with Gasteiger partial charge >= 0.3 is 5.97 Å². The topological polar surface area (TPSA) is 119 Å². The molecule has 2 aliphatic heterocycles. The highest BCUT2D eigenvalue weighted by molar-refractivity contribution is 6.03. The Morgan fingerprint density at radius 3 is 2.17 bits per heavy atom. The molecule has 2 rings (SSSR count). The minimum absolute atomic E-state index is 0.0959. The van der Waals surface area contributed by atoms with Crippen LogP contribution in [0.2, 0.25) is 0 Å². The molecule has 0 radical (unpaired) electrons. The summed E-state index contributed by atoms with van der Waals surface area (Å²) in [4.78, 5) is 40.5. The molecule has 0 aromatic heterocycles. The summed E-state index contributed by atoms with van der Waals surface area (Å²) in [7, 11) is 0. The Hall–Kier alpha value is -1.71. The van der Waals surface area contributed by atoms with Gasteiger partial charge in [-0.15, -0.1) is 0 Å². The first-order valence-corrected chi connectivity index (χ1v) is 7.96. The van der Waals surface area contributed by atoms with E-state index in [1.807, 2.05) is 9.80 Å². The molecule has 0 aliphatic carbocycles. The van der Waals surface area contributed by atoms with E-state index in [4.69, 9.17) is 10.8 Å². The van der Waals surface area contributed by atoms with Gasteiger partial charge in [0.05, 0.1) is 6.42 Å². The molecule has 9 heteroatoms. The second kappa shape index (κ2) is 8.23. The minimum atomic E-state index is -0.900. The molecular formula is C14H25N5O4. The number of aliphatic carboxylic acids is 1. The molecule has 2 saturated heterocycles. The Labute approximate surface area is 135 Å². The van der Waals surface area contributed by atoms with Gasteiger partial charge in [0.1, 0.15) is 0 Å². The number of piperazine rings is 2. The van der Waals surface area contributed by atoms with Crippen molar-refractivity contribution < 1.29 is 19.5 Å². The van der Waals surface area contributed by atoms with Gasteiger partial charge in [0.25, 0.3) is 0 Å². The first-order valence-electron chi connectivity index (χ1n) is 7.96. The fourth-order valence-electron chi connectivity index (χ4n) is 3.02. The van der Waals surface area contributed by atoms with Gasteiger partial charge in [-0.25, -0.2) is 0 Å². The summed E-state index contributed by atoms with van der Waals surface area (Å²) < 4.78 is 0. The van der Waals surface area contributed by atoms with E-state index in [1.54, 1.807) is 4.90 Å². The second-order valence-electron chi connectivity index (χ2n) is 5.90. The van der Waals surface area contributed by atoms with Crippen LogP contribution < -0.4 is 11.1 Å². The molecule has 130 valence electrons. The number of carboxylic acids is 1. The Balaban J connectivity index is 1.88. The van der Waals surface area contributed by atoms with Gasteiger partial charge in [0, 0.05) is 58.9 Å². The fraction of sp³-hybridized carbons (Fsp3) is 0.786. The predicted octanol–water partition coefficient (Wildman–Crippen LogP) is -2.64. The molecule has 23 heavy (non-hydrogen) atoms. The number of carbonyl (C=O) groups excluding carboxylic acids is 2. The van der Waals surface area contributed by atoms with Gasteiger partial charge in [-0.05, 0) is 0 Å². The molecule has 0 bridgehead atoms. The van der Waals surface area contributed by atoms with Crippen molar-refractivity contribution in [2.24, 2.45) is 5.73 Å². The maximum Gasteiger partial charge on any atom is 0.304 e. The average Bonchev–Trinajstić information content (AvgIpc) is 2.54. The molecule has 0 saturated carbocycles. The van der Waals surface area contributed by atoms with Crippen LogP contribution in [0.1, 0.15) is 6.42 Å². The highest BCUT2D eigenvalue weighted by atomic mass is 16.4. The van der Waals surface area contributed by atoms with Crippen LogP contribution in [-0.4, -0.2) is 103 Å². The highest BCUT2D eigenvalue weighted by Gasteiger charge is 2.36. The molecule has 1 unspecified atom stereocenters. The zero-order chi connectivity index (χ0) is 16.8. The zero-order valence-electron chi connectivity index (χ0n) is 13.2. The summed E-state index contributed by atoms with van der Waals surface area (Å²) in [6, 6.07) is -0.900. The quantitative estimate of drug-likeness (QED) is 0.456. The van der Waals surface area contributed by atoms with E-state index in [1.165, 1.54) is 0 Å². The van der Waals surface area contributed by atoms with E-state index >= 15 is 0 Å². The number of amides is 2. The van der Waals surface area contributed by atoms with E-state index in [0.717, 1.165) is 13.1 Å². The molecule has 2 fully saturated rings. The van der Waals surface area contributed by atoms with Crippen LogP contribution >= 0.6 is 0 Å². The summed E-state index contributed by atoms with van der Waals surface area (Å²) in [5.74, 6) is -1.67. The normalized spacial score (nSPS) is 21.8. The molecule has 2 aliphatic rings. The van der Waals surface area contributed by atoms with Crippen LogP contribution in [0, 0.1) is 0 Å². The SMILES string of the molecule is NC(=O)C(C(=O)N1CCN(CCC(=O)O)CC1)N1CCNCC1. The van der Waals surface area contributed by atoms with Crippen LogP contribution in [-0.2, 0) is 14.4 Å². The Bertz CT molecular complexity index is 444. The van der Waals surface area contributed by atoms with Gasteiger partial charge in [-0.2, -0.15) is 0 Å². The van der Waals surface area contributed by atoms with E-state index < -0.39 is 17.9 Å². The number of nitrogens with zero attached hydrogens (tertiary/aromatic N) is 3. The molecule has 1 atom stereocenters. The highest BCUT2D eigenvalue weighted by Crippen LogP contribution is 2.10. The van der Waals surface area contributed by atoms with Gasteiger partial charge < -0.3 is 21.1 Å². The van der Waals surface area contributed by atoms with Crippen LogP contribution in [0.4, 0.5) is 0 Å². The molecule has 0 spiro atoms. The molecule has 0 aromatic rings. The predicted molar refractivity (Wildman–Crippen MR) is 82.7 cm³/mol. The summed E-state index contributed by atoms with van der Waals surface area (Å²) in [6.45, 7) is 5.42. The Kier molecular flexibility index (Phi) is 6.31. The third kappa shape index (κ3) is 4.88. The standard InChI is InChI=1S/C14H25N5O4/c15-13(22)12(18-5-2-16-3-6-18)14(23)19-9-7-17(8-10-19)4-1-11(20)21/h12,16H,1-10H2,(H2,15,22)(H,20,21). The van der Waals surface area contributed by atoms with Gasteiger partial charge in [0.2, 0.25) is 11.8 Å². The summed E-state index contributed by atoms with van der Waals surface area (Å²) >= 11 is 0. The van der Waals surface area contributed by atoms with Gasteiger partial charge in [-0.1, -0.05) is 0 Å². The van der Waals surface area contributed by atoms with Crippen LogP contribution in [0.3, 0.4) is 0 Å². The molecular weight excluding hydrogens is 302 g/mol. The number of nitrogens with one attached hydrogen (secondary N) is 1. The number of carbonyl (C=O) groups is 3. The number of hydrogen-bond acceptors (Lipinski definition) is 6. The van der Waals surface area contributed by atoms with Crippen LogP contribution in [0.5, 0.6) is 0 Å². The average molecular weight is 327 g/mol. The van der Waals surface area contributed by atoms with Crippen molar-refractivity contribution in [3.8, 4) is 0 Å². The van der Waals surface area contributed by atoms with Crippen LogP contribution in [0.25, 0.3) is 0 Å². The summed E-state index contributed by atoms with van der Waals surface area (Å²) in [6.07, 6.45) is 0.0959. The van der Waals surface area contributed by atoms with E-state index in [9.17, 15) is 14.4 Å². The first kappa shape index (κ1) is 17.6. The number of rotatable bonds is 6. The molecule has 4 N–H and O–H groups in total. The monoisotopic (exact) mass is 327 g/mol. The third-order valence-electron chi connectivity index (χ3n) is 4.35. The number of hydrogen-bond donors (Lipinski definition) is 3. The van der Waals surface area contributed by atoms with Gasteiger partial charge in [-0.3, -0.25) is 24.2 Å². The van der Waals surface area contributed by atoms with E-state index in [0.29, 0.717) is 45.8 Å². The lowest BCUT2D eigenvalue weighted by Gasteiger charge is -2.39. The van der Waals surface area contributed by atoms with Crippen molar-refractivity contribution in [2.75, 3.05) is 58.9 Å². The second-order valence-corrected chi connectivity index (χ2v) is 5.90. The molecule has 2 amide bonds. The minimum Gasteiger partial charge on any atom is -0.481 e. The lowest BCUT2D eigenvalue weighted by atomic mass is 10.1. The van der Waals surface area contributed by atoms with Crippen molar-refractivity contribution >= 4 is 17.8 Å². The number of primary amides is 1. The van der Waals surface area contributed by atoms with Crippen molar-refractivity contribution in [1.29, 1.82) is 0 Å². The smallest absolute Gasteiger partial charge is 0.304 e. The maximum absolute atomic E-state index is 12.7. The first-order chi connectivity index (χ1) is 11.0. The molecule has 2 heterocycles. The summed E-state index contributed by atoms with van der Waals surface area (Å²) in [5, 5.41) is 11.9. The van der Waals surface area contributed by atoms with Crippen molar-refractivity contribution in [1.82, 2.24) is 20.0 Å². The van der Waals surface area contributed by atoms with Crippen molar-refractivity contribution in [3.63, 3.8) is 0 Å². The lowest BCUT2D eigenvalue weighted by Crippen LogP contribution is -2.61. The summed E-state index contributed by atoms with van der Waals surface area (Å²) in [5.41, 5.74) is 5.46. The maximum atomic E-state index is 12.7. The Morgan fingerprint density at radius 1 is 1.04 bits per heavy atom. The van der Waals surface area contributed by atoms with Crippen molar-refractivity contribution in [2.45, 2.75) is 12.5 Å². The molecule has 0 aromatic carbocycles. The zero-order valence-corrected chi connectivity index (χ0v) is 13.2. The van der Waals surface area contributed by atoms with E-state index in [-0.39, 0.29) is 12.3 Å². The Morgan fingerprint density at radius 2 is 1.65 bits per heavy atom. The lowest BCUT2D eigenvalue weighted by molar-refractivity contribution is -0.145. The van der Waals surface area contributed by atoms with Crippen LogP contribution in [0.15, 0.2) is 0 Å². The fourth-order valence-corrected chi connectivity index (χ4v) is 3.02. The van der Waals surface area contributed by atoms with E-state index in [2.05, 4.69) is 5.32 Å². The largest absolute Gasteiger partial charge is 0.481 e. The van der Waals surface area contributed by atoms with Gasteiger partial charge in [0.15, 0.2) is 6.04 Å².